The van der Waals surface area contributed by atoms with Crippen LogP contribution in [0.1, 0.15) is 10.5 Å². The standard InChI is InChI=1S/C14H15IN2O2/c1-19-9-8-17-7-3-6-13(17)14(18)16-12-5-2-4-11(15)10-12/h2-7,10H,8-9H2,1H3,(H,16,18). The molecule has 0 aliphatic heterocycles. The first-order chi connectivity index (χ1) is 9.20. The summed E-state index contributed by atoms with van der Waals surface area (Å²) in [6.07, 6.45) is 1.88. The minimum absolute atomic E-state index is 0.108. The molecule has 5 heteroatoms. The molecule has 0 saturated carbocycles. The van der Waals surface area contributed by atoms with Crippen LogP contribution >= 0.6 is 22.6 Å². The summed E-state index contributed by atoms with van der Waals surface area (Å²) in [5.41, 5.74) is 1.44. The Hall–Kier alpha value is -1.34. The quantitative estimate of drug-likeness (QED) is 0.823. The van der Waals surface area contributed by atoms with Gasteiger partial charge in [0.15, 0.2) is 0 Å². The van der Waals surface area contributed by atoms with E-state index in [-0.39, 0.29) is 5.91 Å². The number of halogens is 1. The Morgan fingerprint density at radius 2 is 2.21 bits per heavy atom. The first-order valence-electron chi connectivity index (χ1n) is 5.91. The summed E-state index contributed by atoms with van der Waals surface area (Å²) in [5.74, 6) is -0.108. The van der Waals surface area contributed by atoms with Gasteiger partial charge >= 0.3 is 0 Å². The number of rotatable bonds is 5. The fraction of sp³-hybridized carbons (Fsp3) is 0.214. The summed E-state index contributed by atoms with van der Waals surface area (Å²) in [5, 5.41) is 2.90. The van der Waals surface area contributed by atoms with Gasteiger partial charge in [-0.1, -0.05) is 6.07 Å². The van der Waals surface area contributed by atoms with Gasteiger partial charge in [-0.25, -0.2) is 0 Å². The van der Waals surface area contributed by atoms with E-state index in [9.17, 15) is 4.79 Å². The minimum atomic E-state index is -0.108. The Kier molecular flexibility index (Phi) is 4.98. The second-order valence-corrected chi connectivity index (χ2v) is 5.29. The van der Waals surface area contributed by atoms with E-state index in [0.29, 0.717) is 18.8 Å². The fourth-order valence-corrected chi connectivity index (χ4v) is 2.31. The number of anilines is 1. The van der Waals surface area contributed by atoms with E-state index in [1.165, 1.54) is 0 Å². The number of nitrogens with one attached hydrogen (secondary N) is 1. The molecule has 2 aromatic rings. The first-order valence-corrected chi connectivity index (χ1v) is 6.99. The van der Waals surface area contributed by atoms with Crippen LogP contribution < -0.4 is 5.32 Å². The number of carbonyl (C=O) groups excluding carboxylic acids is 1. The zero-order valence-electron chi connectivity index (χ0n) is 10.6. The fourth-order valence-electron chi connectivity index (χ4n) is 1.77. The van der Waals surface area contributed by atoms with Gasteiger partial charge in [0.25, 0.3) is 5.91 Å². The highest BCUT2D eigenvalue weighted by molar-refractivity contribution is 14.1. The summed E-state index contributed by atoms with van der Waals surface area (Å²) in [6.45, 7) is 1.25. The third-order valence-corrected chi connectivity index (χ3v) is 3.35. The Labute approximate surface area is 125 Å². The average molecular weight is 370 g/mol. The molecule has 1 aromatic carbocycles. The summed E-state index contributed by atoms with van der Waals surface area (Å²) in [6, 6.07) is 11.4. The van der Waals surface area contributed by atoms with Crippen LogP contribution in [-0.4, -0.2) is 24.2 Å². The molecule has 0 atom stereocenters. The molecule has 4 nitrogen and oxygen atoms in total. The van der Waals surface area contributed by atoms with E-state index in [2.05, 4.69) is 27.9 Å². The number of methoxy groups -OCH3 is 1. The molecule has 0 unspecified atom stereocenters. The Morgan fingerprint density at radius 3 is 2.95 bits per heavy atom. The molecule has 0 fully saturated rings. The summed E-state index contributed by atoms with van der Waals surface area (Å²) in [7, 11) is 1.65. The van der Waals surface area contributed by atoms with E-state index in [1.807, 2.05) is 41.1 Å². The van der Waals surface area contributed by atoms with Crippen molar-refractivity contribution in [3.05, 3.63) is 51.9 Å². The molecule has 1 amide bonds. The van der Waals surface area contributed by atoms with Crippen molar-refractivity contribution in [1.29, 1.82) is 0 Å². The van der Waals surface area contributed by atoms with Crippen LogP contribution in [0.3, 0.4) is 0 Å². The largest absolute Gasteiger partial charge is 0.383 e. The number of ether oxygens (including phenoxy) is 1. The van der Waals surface area contributed by atoms with Crippen molar-refractivity contribution < 1.29 is 9.53 Å². The summed E-state index contributed by atoms with van der Waals surface area (Å²) in [4.78, 5) is 12.2. The SMILES string of the molecule is COCCn1cccc1C(=O)Nc1cccc(I)c1. The number of hydrogen-bond donors (Lipinski definition) is 1. The maximum absolute atomic E-state index is 12.2. The molecule has 0 saturated heterocycles. The summed E-state index contributed by atoms with van der Waals surface area (Å²) < 4.78 is 8.00. The Bertz CT molecular complexity index is 566. The van der Waals surface area contributed by atoms with Gasteiger partial charge < -0.3 is 14.6 Å². The van der Waals surface area contributed by atoms with Gasteiger partial charge in [-0.3, -0.25) is 4.79 Å². The van der Waals surface area contributed by atoms with Crippen LogP contribution in [0.5, 0.6) is 0 Å². The lowest BCUT2D eigenvalue weighted by atomic mass is 10.3. The molecular formula is C14H15IN2O2. The molecule has 0 radical (unpaired) electrons. The highest BCUT2D eigenvalue weighted by Gasteiger charge is 2.10. The van der Waals surface area contributed by atoms with Crippen LogP contribution in [0.25, 0.3) is 0 Å². The number of carbonyl (C=O) groups is 1. The number of aromatic nitrogens is 1. The zero-order chi connectivity index (χ0) is 13.7. The van der Waals surface area contributed by atoms with Crippen molar-refractivity contribution in [2.45, 2.75) is 6.54 Å². The van der Waals surface area contributed by atoms with Gasteiger partial charge in [0.05, 0.1) is 6.61 Å². The van der Waals surface area contributed by atoms with Gasteiger partial charge in [0, 0.05) is 29.1 Å². The third-order valence-electron chi connectivity index (χ3n) is 2.68. The lowest BCUT2D eigenvalue weighted by Crippen LogP contribution is -2.18. The van der Waals surface area contributed by atoms with Crippen molar-refractivity contribution in [3.8, 4) is 0 Å². The molecule has 0 aliphatic rings. The van der Waals surface area contributed by atoms with E-state index in [1.54, 1.807) is 13.2 Å². The van der Waals surface area contributed by atoms with Gasteiger partial charge in [-0.05, 0) is 52.9 Å². The molecule has 0 aliphatic carbocycles. The maximum Gasteiger partial charge on any atom is 0.272 e. The van der Waals surface area contributed by atoms with Crippen molar-refractivity contribution in [3.63, 3.8) is 0 Å². The van der Waals surface area contributed by atoms with E-state index in [4.69, 9.17) is 4.74 Å². The van der Waals surface area contributed by atoms with Crippen LogP contribution in [0.4, 0.5) is 5.69 Å². The normalized spacial score (nSPS) is 10.4. The van der Waals surface area contributed by atoms with Crippen LogP contribution in [-0.2, 0) is 11.3 Å². The smallest absolute Gasteiger partial charge is 0.272 e. The van der Waals surface area contributed by atoms with E-state index >= 15 is 0 Å². The topological polar surface area (TPSA) is 43.3 Å². The Morgan fingerprint density at radius 1 is 1.37 bits per heavy atom. The highest BCUT2D eigenvalue weighted by atomic mass is 127. The second-order valence-electron chi connectivity index (χ2n) is 4.04. The van der Waals surface area contributed by atoms with Crippen LogP contribution in [0.2, 0.25) is 0 Å². The van der Waals surface area contributed by atoms with Crippen molar-refractivity contribution in [2.75, 3.05) is 19.0 Å². The lowest BCUT2D eigenvalue weighted by Gasteiger charge is -2.09. The molecular weight excluding hydrogens is 355 g/mol. The molecule has 19 heavy (non-hydrogen) atoms. The van der Waals surface area contributed by atoms with E-state index in [0.717, 1.165) is 9.26 Å². The Balaban J connectivity index is 2.09. The summed E-state index contributed by atoms with van der Waals surface area (Å²) >= 11 is 2.22. The van der Waals surface area contributed by atoms with Crippen molar-refractivity contribution >= 4 is 34.2 Å². The lowest BCUT2D eigenvalue weighted by molar-refractivity contribution is 0.101. The van der Waals surface area contributed by atoms with Gasteiger partial charge in [-0.15, -0.1) is 0 Å². The number of amides is 1. The molecule has 0 bridgehead atoms. The number of nitrogens with zero attached hydrogens (tertiary/aromatic N) is 1. The minimum Gasteiger partial charge on any atom is -0.383 e. The first kappa shape index (κ1) is 14.1. The molecule has 2 rings (SSSR count). The van der Waals surface area contributed by atoms with Gasteiger partial charge in [0.1, 0.15) is 5.69 Å². The molecule has 100 valence electrons. The van der Waals surface area contributed by atoms with Crippen LogP contribution in [0.15, 0.2) is 42.6 Å². The van der Waals surface area contributed by atoms with Crippen molar-refractivity contribution in [1.82, 2.24) is 4.57 Å². The highest BCUT2D eigenvalue weighted by Crippen LogP contribution is 2.14. The third kappa shape index (κ3) is 3.81. The second kappa shape index (κ2) is 6.72. The molecule has 1 N–H and O–H groups in total. The monoisotopic (exact) mass is 370 g/mol. The van der Waals surface area contributed by atoms with Crippen LogP contribution in [0, 0.1) is 3.57 Å². The molecule has 0 spiro atoms. The number of hydrogen-bond acceptors (Lipinski definition) is 2. The predicted octanol–water partition coefficient (Wildman–Crippen LogP) is 2.99. The van der Waals surface area contributed by atoms with Gasteiger partial charge in [0.2, 0.25) is 0 Å². The van der Waals surface area contributed by atoms with Gasteiger partial charge in [-0.2, -0.15) is 0 Å². The molecule has 1 heterocycles. The number of benzene rings is 1. The predicted molar refractivity (Wildman–Crippen MR) is 83.4 cm³/mol. The van der Waals surface area contributed by atoms with E-state index < -0.39 is 0 Å². The maximum atomic E-state index is 12.2. The average Bonchev–Trinajstić information content (AvgIpc) is 2.84. The van der Waals surface area contributed by atoms with Crippen molar-refractivity contribution in [2.24, 2.45) is 0 Å². The molecule has 1 aromatic heterocycles. The zero-order valence-corrected chi connectivity index (χ0v) is 12.8.